The van der Waals surface area contributed by atoms with E-state index in [9.17, 15) is 0 Å². The number of halogens is 1. The molecule has 1 heterocycles. The number of alkyl halides is 1. The highest BCUT2D eigenvalue weighted by Gasteiger charge is 2.24. The molecule has 0 saturated heterocycles. The van der Waals surface area contributed by atoms with Gasteiger partial charge in [-0.1, -0.05) is 32.0 Å². The fourth-order valence-corrected chi connectivity index (χ4v) is 4.35. The maximum atomic E-state index is 6.09. The summed E-state index contributed by atoms with van der Waals surface area (Å²) in [5.74, 6) is 2.25. The van der Waals surface area contributed by atoms with Crippen molar-refractivity contribution < 1.29 is 0 Å². The molecule has 17 heavy (non-hydrogen) atoms. The summed E-state index contributed by atoms with van der Waals surface area (Å²) in [5.41, 5.74) is 1.53. The Morgan fingerprint density at radius 3 is 2.76 bits per heavy atom. The second kappa shape index (κ2) is 6.15. The molecule has 0 N–H and O–H groups in total. The average Bonchev–Trinajstić information content (AvgIpc) is 2.69. The SMILES string of the molecule is CC(C)CC(CCl)CC1Cc2ccccc2S1. The van der Waals surface area contributed by atoms with E-state index in [-0.39, 0.29) is 0 Å². The van der Waals surface area contributed by atoms with E-state index in [1.165, 1.54) is 29.7 Å². The third-order valence-corrected chi connectivity index (χ3v) is 5.11. The number of fused-ring (bicyclic) bond motifs is 1. The zero-order chi connectivity index (χ0) is 12.3. The van der Waals surface area contributed by atoms with Crippen molar-refractivity contribution in [3.63, 3.8) is 0 Å². The van der Waals surface area contributed by atoms with Crippen molar-refractivity contribution in [2.45, 2.75) is 43.3 Å². The van der Waals surface area contributed by atoms with Crippen molar-refractivity contribution in [2.24, 2.45) is 11.8 Å². The van der Waals surface area contributed by atoms with Gasteiger partial charge in [0, 0.05) is 16.0 Å². The lowest BCUT2D eigenvalue weighted by atomic mass is 9.93. The van der Waals surface area contributed by atoms with Crippen molar-refractivity contribution >= 4 is 23.4 Å². The quantitative estimate of drug-likeness (QED) is 0.678. The van der Waals surface area contributed by atoms with E-state index in [2.05, 4.69) is 38.1 Å². The summed E-state index contributed by atoms with van der Waals surface area (Å²) in [7, 11) is 0. The Labute approximate surface area is 114 Å². The Morgan fingerprint density at radius 2 is 2.12 bits per heavy atom. The molecule has 0 spiro atoms. The minimum atomic E-state index is 0.684. The van der Waals surface area contributed by atoms with Gasteiger partial charge in [0.05, 0.1) is 0 Å². The molecule has 2 rings (SSSR count). The lowest BCUT2D eigenvalue weighted by molar-refractivity contribution is 0.415. The molecule has 94 valence electrons. The van der Waals surface area contributed by atoms with E-state index in [0.29, 0.717) is 5.92 Å². The Bertz CT molecular complexity index is 337. The topological polar surface area (TPSA) is 0 Å². The third-order valence-electron chi connectivity index (χ3n) is 3.33. The number of hydrogen-bond acceptors (Lipinski definition) is 1. The molecule has 2 unspecified atom stereocenters. The fraction of sp³-hybridized carbons (Fsp3) is 0.600. The van der Waals surface area contributed by atoms with Crippen LogP contribution in [0.3, 0.4) is 0 Å². The summed E-state index contributed by atoms with van der Waals surface area (Å²) in [6.45, 7) is 4.58. The number of rotatable bonds is 5. The second-order valence-corrected chi connectivity index (χ2v) is 7.09. The summed E-state index contributed by atoms with van der Waals surface area (Å²) in [6, 6.07) is 8.80. The monoisotopic (exact) mass is 268 g/mol. The molecule has 0 nitrogen and oxygen atoms in total. The van der Waals surface area contributed by atoms with Crippen LogP contribution in [0.5, 0.6) is 0 Å². The Kier molecular flexibility index (Phi) is 4.81. The number of benzene rings is 1. The smallest absolute Gasteiger partial charge is 0.0252 e. The van der Waals surface area contributed by atoms with Crippen LogP contribution in [0, 0.1) is 11.8 Å². The predicted molar refractivity (Wildman–Crippen MR) is 78.1 cm³/mol. The normalized spacial score (nSPS) is 20.6. The van der Waals surface area contributed by atoms with E-state index in [4.69, 9.17) is 11.6 Å². The summed E-state index contributed by atoms with van der Waals surface area (Å²) >= 11 is 8.14. The van der Waals surface area contributed by atoms with Crippen LogP contribution < -0.4 is 0 Å². The Balaban J connectivity index is 1.90. The van der Waals surface area contributed by atoms with E-state index in [1.807, 2.05) is 11.8 Å². The highest BCUT2D eigenvalue weighted by atomic mass is 35.5. The summed E-state index contributed by atoms with van der Waals surface area (Å²) in [5, 5.41) is 0.745. The maximum absolute atomic E-state index is 6.09. The van der Waals surface area contributed by atoms with Gasteiger partial charge < -0.3 is 0 Å². The van der Waals surface area contributed by atoms with Crippen LogP contribution in [-0.2, 0) is 6.42 Å². The molecule has 0 saturated carbocycles. The van der Waals surface area contributed by atoms with Crippen LogP contribution in [-0.4, -0.2) is 11.1 Å². The molecular weight excluding hydrogens is 248 g/mol. The van der Waals surface area contributed by atoms with Gasteiger partial charge in [0.15, 0.2) is 0 Å². The van der Waals surface area contributed by atoms with Crippen LogP contribution in [0.15, 0.2) is 29.2 Å². The predicted octanol–water partition coefficient (Wildman–Crippen LogP) is 4.99. The maximum Gasteiger partial charge on any atom is 0.0252 e. The van der Waals surface area contributed by atoms with Crippen molar-refractivity contribution in [3.05, 3.63) is 29.8 Å². The Hall–Kier alpha value is -0.140. The van der Waals surface area contributed by atoms with Gasteiger partial charge in [-0.15, -0.1) is 23.4 Å². The van der Waals surface area contributed by atoms with Crippen LogP contribution >= 0.6 is 23.4 Å². The standard InChI is InChI=1S/C15H21ClS/c1-11(2)7-12(10-16)8-14-9-13-5-3-4-6-15(13)17-14/h3-6,11-12,14H,7-10H2,1-2H3. The van der Waals surface area contributed by atoms with E-state index >= 15 is 0 Å². The van der Waals surface area contributed by atoms with Crippen LogP contribution in [0.1, 0.15) is 32.3 Å². The highest BCUT2D eigenvalue weighted by Crippen LogP contribution is 2.40. The molecule has 0 fully saturated rings. The van der Waals surface area contributed by atoms with Crippen molar-refractivity contribution in [1.29, 1.82) is 0 Å². The van der Waals surface area contributed by atoms with Gasteiger partial charge in [-0.05, 0) is 42.7 Å². The van der Waals surface area contributed by atoms with Gasteiger partial charge in [-0.25, -0.2) is 0 Å². The second-order valence-electron chi connectivity index (χ2n) is 5.44. The molecule has 1 aromatic rings. The van der Waals surface area contributed by atoms with Gasteiger partial charge >= 0.3 is 0 Å². The molecule has 0 bridgehead atoms. The Morgan fingerprint density at radius 1 is 1.35 bits per heavy atom. The molecule has 1 aliphatic rings. The first-order valence-corrected chi connectivity index (χ1v) is 7.91. The summed E-state index contributed by atoms with van der Waals surface area (Å²) in [6.07, 6.45) is 3.75. The molecule has 2 atom stereocenters. The van der Waals surface area contributed by atoms with E-state index < -0.39 is 0 Å². The van der Waals surface area contributed by atoms with Crippen LogP contribution in [0.2, 0.25) is 0 Å². The molecule has 1 aliphatic heterocycles. The van der Waals surface area contributed by atoms with Gasteiger partial charge in [0.1, 0.15) is 0 Å². The summed E-state index contributed by atoms with van der Waals surface area (Å²) in [4.78, 5) is 1.48. The van der Waals surface area contributed by atoms with Gasteiger partial charge in [-0.2, -0.15) is 0 Å². The zero-order valence-corrected chi connectivity index (χ0v) is 12.2. The van der Waals surface area contributed by atoms with Gasteiger partial charge in [-0.3, -0.25) is 0 Å². The van der Waals surface area contributed by atoms with Crippen LogP contribution in [0.25, 0.3) is 0 Å². The largest absolute Gasteiger partial charge is 0.126 e. The van der Waals surface area contributed by atoms with Crippen molar-refractivity contribution in [3.8, 4) is 0 Å². The lowest BCUT2D eigenvalue weighted by Gasteiger charge is -2.19. The highest BCUT2D eigenvalue weighted by molar-refractivity contribution is 8.00. The summed E-state index contributed by atoms with van der Waals surface area (Å²) < 4.78 is 0. The first kappa shape index (κ1) is 13.3. The first-order chi connectivity index (χ1) is 8.19. The molecular formula is C15H21ClS. The minimum absolute atomic E-state index is 0.684. The fourth-order valence-electron chi connectivity index (χ4n) is 2.65. The molecule has 0 aliphatic carbocycles. The first-order valence-electron chi connectivity index (χ1n) is 6.49. The molecule has 0 radical (unpaired) electrons. The van der Waals surface area contributed by atoms with Crippen LogP contribution in [0.4, 0.5) is 0 Å². The van der Waals surface area contributed by atoms with Crippen molar-refractivity contribution in [2.75, 3.05) is 5.88 Å². The minimum Gasteiger partial charge on any atom is -0.126 e. The van der Waals surface area contributed by atoms with Gasteiger partial charge in [0.2, 0.25) is 0 Å². The zero-order valence-electron chi connectivity index (χ0n) is 10.7. The third kappa shape index (κ3) is 3.66. The van der Waals surface area contributed by atoms with E-state index in [1.54, 1.807) is 0 Å². The average molecular weight is 269 g/mol. The van der Waals surface area contributed by atoms with E-state index in [0.717, 1.165) is 17.0 Å². The number of hydrogen-bond donors (Lipinski definition) is 0. The molecule has 1 aromatic carbocycles. The molecule has 2 heteroatoms. The number of thioether (sulfide) groups is 1. The lowest BCUT2D eigenvalue weighted by Crippen LogP contribution is -2.14. The molecule has 0 amide bonds. The van der Waals surface area contributed by atoms with Gasteiger partial charge in [0.25, 0.3) is 0 Å². The van der Waals surface area contributed by atoms with Crippen molar-refractivity contribution in [1.82, 2.24) is 0 Å². The molecule has 0 aromatic heterocycles.